The number of hydrogen-bond donors (Lipinski definition) is 0. The molecule has 0 aromatic carbocycles. The van der Waals surface area contributed by atoms with Gasteiger partial charge < -0.3 is 4.57 Å². The first kappa shape index (κ1) is 21.5. The summed E-state index contributed by atoms with van der Waals surface area (Å²) in [6, 6.07) is 0. The molecule has 0 rings (SSSR count). The highest BCUT2D eigenvalue weighted by atomic mass is 35.7. The Morgan fingerprint density at radius 2 is 1.38 bits per heavy atom. The third kappa shape index (κ3) is 12.7. The molecule has 0 aromatic rings. The van der Waals surface area contributed by atoms with Crippen LogP contribution in [0.2, 0.25) is 0 Å². The maximum atomic E-state index is 12.2. The average molecular weight is 357 g/mol. The molecule has 0 saturated carbocycles. The summed E-state index contributed by atoms with van der Waals surface area (Å²) in [6.45, 7) is 1.25. The third-order valence-electron chi connectivity index (χ3n) is 3.93. The van der Waals surface area contributed by atoms with Gasteiger partial charge in [-0.3, -0.25) is 4.79 Å². The normalized spacial score (nSPS) is 15.6. The number of hydrogen-bond acceptors (Lipinski definition) is 2. The molecule has 2 unspecified atom stereocenters. The lowest BCUT2D eigenvalue weighted by atomic mass is 10.1. The van der Waals surface area contributed by atoms with Crippen LogP contribution in [0.4, 0.5) is 0 Å². The van der Waals surface area contributed by atoms with Crippen molar-refractivity contribution >= 4 is 34.6 Å². The zero-order chi connectivity index (χ0) is 16.1. The fourth-order valence-corrected chi connectivity index (χ4v) is 4.84. The molecular formula is C16H31Cl2O2P. The van der Waals surface area contributed by atoms with Crippen molar-refractivity contribution in [1.29, 1.82) is 0 Å². The second kappa shape index (κ2) is 13.0. The van der Waals surface area contributed by atoms with E-state index < -0.39 is 11.7 Å². The molecule has 0 fully saturated rings. The molecule has 0 bridgehead atoms. The summed E-state index contributed by atoms with van der Waals surface area (Å²) in [5.74, 6) is 0. The van der Waals surface area contributed by atoms with E-state index in [-0.39, 0.29) is 12.1 Å². The average Bonchev–Trinajstić information content (AvgIpc) is 2.40. The SMILES string of the molecule is CCCCCCCCCCCCP(=O)(Cl)C(C)CC(=O)Cl. The summed E-state index contributed by atoms with van der Waals surface area (Å²) in [4.78, 5) is 10.8. The van der Waals surface area contributed by atoms with Crippen LogP contribution in [-0.2, 0) is 9.36 Å². The van der Waals surface area contributed by atoms with Crippen molar-refractivity contribution in [2.75, 3.05) is 6.16 Å². The van der Waals surface area contributed by atoms with E-state index in [1.54, 1.807) is 6.92 Å². The fourth-order valence-electron chi connectivity index (χ4n) is 2.40. The highest BCUT2D eigenvalue weighted by molar-refractivity contribution is 7.89. The van der Waals surface area contributed by atoms with E-state index in [2.05, 4.69) is 6.92 Å². The first-order valence-corrected chi connectivity index (χ1v) is 11.6. The van der Waals surface area contributed by atoms with Gasteiger partial charge in [0.2, 0.25) is 5.24 Å². The van der Waals surface area contributed by atoms with E-state index in [0.717, 1.165) is 12.8 Å². The number of carbonyl (C=O) groups excluding carboxylic acids is 1. The molecule has 126 valence electrons. The predicted molar refractivity (Wildman–Crippen MR) is 95.1 cm³/mol. The Balaban J connectivity index is 3.53. The molecule has 0 heterocycles. The summed E-state index contributed by atoms with van der Waals surface area (Å²) >= 11 is 11.4. The van der Waals surface area contributed by atoms with E-state index >= 15 is 0 Å². The van der Waals surface area contributed by atoms with Gasteiger partial charge in [-0.1, -0.05) is 82.9 Å². The van der Waals surface area contributed by atoms with Crippen molar-refractivity contribution in [3.63, 3.8) is 0 Å². The Morgan fingerprint density at radius 1 is 0.952 bits per heavy atom. The van der Waals surface area contributed by atoms with Crippen molar-refractivity contribution in [3.05, 3.63) is 0 Å². The van der Waals surface area contributed by atoms with Crippen LogP contribution in [0.15, 0.2) is 0 Å². The maximum absolute atomic E-state index is 12.2. The fraction of sp³-hybridized carbons (Fsp3) is 0.938. The molecule has 2 atom stereocenters. The highest BCUT2D eigenvalue weighted by Crippen LogP contribution is 2.57. The van der Waals surface area contributed by atoms with Gasteiger partial charge in [-0.15, -0.1) is 0 Å². The second-order valence-electron chi connectivity index (χ2n) is 6.02. The summed E-state index contributed by atoms with van der Waals surface area (Å²) in [5, 5.41) is -0.452. The Kier molecular flexibility index (Phi) is 13.3. The van der Waals surface area contributed by atoms with Crippen LogP contribution >= 0.6 is 29.3 Å². The van der Waals surface area contributed by atoms with Crippen molar-refractivity contribution in [1.82, 2.24) is 0 Å². The van der Waals surface area contributed by atoms with Gasteiger partial charge in [0.1, 0.15) is 0 Å². The molecular weight excluding hydrogens is 326 g/mol. The molecule has 0 N–H and O–H groups in total. The molecule has 0 saturated heterocycles. The molecule has 2 nitrogen and oxygen atoms in total. The standard InChI is InChI=1S/C16H31Cl2O2P/c1-3-4-5-6-7-8-9-10-11-12-13-21(18,20)15(2)14-16(17)19/h15H,3-14H2,1-2H3. The number of unbranched alkanes of at least 4 members (excludes halogenated alkanes) is 9. The number of rotatable bonds is 14. The first-order valence-electron chi connectivity index (χ1n) is 8.37. The van der Waals surface area contributed by atoms with Gasteiger partial charge in [0.25, 0.3) is 0 Å². The molecule has 0 radical (unpaired) electrons. The van der Waals surface area contributed by atoms with E-state index in [4.69, 9.17) is 22.8 Å². The lowest BCUT2D eigenvalue weighted by Crippen LogP contribution is -2.07. The molecule has 0 aromatic heterocycles. The second-order valence-corrected chi connectivity index (χ2v) is 10.9. The van der Waals surface area contributed by atoms with Gasteiger partial charge in [0.15, 0.2) is 6.49 Å². The Bertz CT molecular complexity index is 321. The van der Waals surface area contributed by atoms with Crippen LogP contribution in [-0.4, -0.2) is 17.1 Å². The lowest BCUT2D eigenvalue weighted by Gasteiger charge is -2.16. The molecule has 0 amide bonds. The zero-order valence-electron chi connectivity index (χ0n) is 13.6. The zero-order valence-corrected chi connectivity index (χ0v) is 16.0. The highest BCUT2D eigenvalue weighted by Gasteiger charge is 2.27. The molecule has 21 heavy (non-hydrogen) atoms. The van der Waals surface area contributed by atoms with Gasteiger partial charge in [-0.2, -0.15) is 0 Å². The Morgan fingerprint density at radius 3 is 1.81 bits per heavy atom. The quantitative estimate of drug-likeness (QED) is 0.191. The number of halogens is 2. The topological polar surface area (TPSA) is 34.1 Å². The minimum absolute atomic E-state index is 0.111. The van der Waals surface area contributed by atoms with Crippen LogP contribution in [0, 0.1) is 0 Å². The van der Waals surface area contributed by atoms with E-state index in [1.165, 1.54) is 51.4 Å². The van der Waals surface area contributed by atoms with Crippen LogP contribution in [0.1, 0.15) is 84.5 Å². The van der Waals surface area contributed by atoms with E-state index in [0.29, 0.717) is 6.16 Å². The predicted octanol–water partition coefficient (Wildman–Crippen LogP) is 6.97. The monoisotopic (exact) mass is 356 g/mol. The largest absolute Gasteiger partial charge is 0.306 e. The summed E-state index contributed by atoms with van der Waals surface area (Å²) in [7, 11) is 0. The van der Waals surface area contributed by atoms with Gasteiger partial charge in [0, 0.05) is 18.2 Å². The van der Waals surface area contributed by atoms with Crippen LogP contribution in [0.25, 0.3) is 0 Å². The van der Waals surface area contributed by atoms with Gasteiger partial charge in [0.05, 0.1) is 0 Å². The molecule has 0 aliphatic rings. The van der Waals surface area contributed by atoms with Crippen LogP contribution < -0.4 is 0 Å². The van der Waals surface area contributed by atoms with Gasteiger partial charge in [-0.25, -0.2) is 0 Å². The van der Waals surface area contributed by atoms with Gasteiger partial charge >= 0.3 is 0 Å². The third-order valence-corrected chi connectivity index (χ3v) is 8.02. The van der Waals surface area contributed by atoms with Crippen LogP contribution in [0.3, 0.4) is 0 Å². The van der Waals surface area contributed by atoms with Crippen molar-refractivity contribution < 1.29 is 9.36 Å². The van der Waals surface area contributed by atoms with Crippen molar-refractivity contribution in [2.45, 2.75) is 90.1 Å². The van der Waals surface area contributed by atoms with E-state index in [9.17, 15) is 9.36 Å². The molecule has 0 spiro atoms. The number of carbonyl (C=O) groups is 1. The van der Waals surface area contributed by atoms with Crippen LogP contribution in [0.5, 0.6) is 0 Å². The Labute approximate surface area is 140 Å². The summed E-state index contributed by atoms with van der Waals surface area (Å²) in [5.41, 5.74) is -0.303. The summed E-state index contributed by atoms with van der Waals surface area (Å²) in [6.07, 6.45) is 13.1. The Hall–Kier alpha value is 0.480. The van der Waals surface area contributed by atoms with Gasteiger partial charge in [-0.05, 0) is 18.0 Å². The molecule has 0 aliphatic heterocycles. The molecule has 0 aliphatic carbocycles. The summed E-state index contributed by atoms with van der Waals surface area (Å²) < 4.78 is 12.2. The smallest absolute Gasteiger partial charge is 0.222 e. The van der Waals surface area contributed by atoms with Crippen molar-refractivity contribution in [3.8, 4) is 0 Å². The van der Waals surface area contributed by atoms with E-state index in [1.807, 2.05) is 0 Å². The lowest BCUT2D eigenvalue weighted by molar-refractivity contribution is -0.111. The minimum atomic E-state index is -2.74. The molecule has 5 heteroatoms. The minimum Gasteiger partial charge on any atom is -0.306 e. The maximum Gasteiger partial charge on any atom is 0.222 e. The first-order chi connectivity index (χ1) is 9.90. The van der Waals surface area contributed by atoms with Crippen molar-refractivity contribution in [2.24, 2.45) is 0 Å².